The van der Waals surface area contributed by atoms with Gasteiger partial charge in [-0.15, -0.1) is 0 Å². The van der Waals surface area contributed by atoms with E-state index in [0.29, 0.717) is 6.04 Å². The van der Waals surface area contributed by atoms with E-state index in [2.05, 4.69) is 57.3 Å². The Morgan fingerprint density at radius 1 is 1.15 bits per heavy atom. The van der Waals surface area contributed by atoms with Crippen LogP contribution in [0.3, 0.4) is 0 Å². The maximum atomic E-state index is 6.05. The summed E-state index contributed by atoms with van der Waals surface area (Å²) in [7, 11) is 0. The van der Waals surface area contributed by atoms with Gasteiger partial charge in [0.05, 0.1) is 6.04 Å². The van der Waals surface area contributed by atoms with Crippen LogP contribution in [-0.2, 0) is 0 Å². The Morgan fingerprint density at radius 3 is 2.65 bits per heavy atom. The minimum Gasteiger partial charge on any atom is -0.459 e. The smallest absolute Gasteiger partial charge is 0.134 e. The van der Waals surface area contributed by atoms with E-state index < -0.39 is 0 Å². The summed E-state index contributed by atoms with van der Waals surface area (Å²) in [6.45, 7) is 9.92. The first-order valence-electron chi connectivity index (χ1n) is 7.83. The van der Waals surface area contributed by atoms with Crippen LogP contribution in [-0.4, -0.2) is 6.54 Å². The third kappa shape index (κ3) is 3.86. The molecule has 0 fully saturated rings. The van der Waals surface area contributed by atoms with Crippen LogP contribution in [0.2, 0.25) is 0 Å². The van der Waals surface area contributed by atoms with Crippen LogP contribution in [0, 0.1) is 12.8 Å². The fraction of sp³-hybridized carbons (Fsp3) is 0.556. The van der Waals surface area contributed by atoms with Crippen molar-refractivity contribution in [1.82, 2.24) is 5.32 Å². The molecule has 2 heteroatoms. The zero-order chi connectivity index (χ0) is 14.5. The normalized spacial score (nSPS) is 13.2. The molecule has 20 heavy (non-hydrogen) atoms. The molecule has 1 N–H and O–H groups in total. The molecule has 2 rings (SSSR count). The van der Waals surface area contributed by atoms with E-state index in [9.17, 15) is 0 Å². The monoisotopic (exact) mass is 273 g/mol. The first kappa shape index (κ1) is 15.1. The molecule has 0 aliphatic rings. The Kier molecular flexibility index (Phi) is 5.24. The van der Waals surface area contributed by atoms with Gasteiger partial charge in [-0.25, -0.2) is 0 Å². The number of hydrogen-bond acceptors (Lipinski definition) is 2. The van der Waals surface area contributed by atoms with Gasteiger partial charge in [-0.1, -0.05) is 32.4 Å². The average molecular weight is 273 g/mol. The van der Waals surface area contributed by atoms with Crippen LogP contribution in [0.15, 0.2) is 28.7 Å². The molecule has 1 aromatic heterocycles. The zero-order valence-electron chi connectivity index (χ0n) is 13.2. The summed E-state index contributed by atoms with van der Waals surface area (Å²) in [5.74, 6) is 1.81. The Morgan fingerprint density at radius 2 is 1.95 bits per heavy atom. The Bertz CT molecular complexity index is 541. The number of fused-ring (bicyclic) bond motifs is 1. The van der Waals surface area contributed by atoms with E-state index in [1.54, 1.807) is 0 Å². The van der Waals surface area contributed by atoms with Gasteiger partial charge in [-0.2, -0.15) is 0 Å². The SMILES string of the molecule is CCCNC(CCC(C)C)c1cc2cc(C)ccc2o1. The van der Waals surface area contributed by atoms with Gasteiger partial charge < -0.3 is 9.73 Å². The van der Waals surface area contributed by atoms with E-state index in [1.807, 2.05) is 0 Å². The summed E-state index contributed by atoms with van der Waals surface area (Å²) in [5.41, 5.74) is 2.28. The van der Waals surface area contributed by atoms with Gasteiger partial charge in [0.25, 0.3) is 0 Å². The molecule has 1 heterocycles. The second-order valence-corrected chi connectivity index (χ2v) is 6.17. The Balaban J connectivity index is 2.20. The number of furan rings is 1. The van der Waals surface area contributed by atoms with Crippen molar-refractivity contribution in [2.45, 2.75) is 53.0 Å². The molecule has 0 amide bonds. The fourth-order valence-electron chi connectivity index (χ4n) is 2.52. The van der Waals surface area contributed by atoms with Crippen LogP contribution in [0.5, 0.6) is 0 Å². The highest BCUT2D eigenvalue weighted by molar-refractivity contribution is 5.78. The number of nitrogens with one attached hydrogen (secondary N) is 1. The molecule has 0 radical (unpaired) electrons. The number of aryl methyl sites for hydroxylation is 1. The molecule has 0 aliphatic heterocycles. The number of benzene rings is 1. The van der Waals surface area contributed by atoms with Gasteiger partial charge in [0, 0.05) is 5.39 Å². The summed E-state index contributed by atoms with van der Waals surface area (Å²) >= 11 is 0. The summed E-state index contributed by atoms with van der Waals surface area (Å²) in [6.07, 6.45) is 3.51. The van der Waals surface area contributed by atoms with Gasteiger partial charge >= 0.3 is 0 Å². The minimum absolute atomic E-state index is 0.338. The quantitative estimate of drug-likeness (QED) is 0.748. The van der Waals surface area contributed by atoms with E-state index >= 15 is 0 Å². The number of rotatable bonds is 7. The van der Waals surface area contributed by atoms with Crippen LogP contribution < -0.4 is 5.32 Å². The van der Waals surface area contributed by atoms with Crippen molar-refractivity contribution in [2.75, 3.05) is 6.54 Å². The maximum absolute atomic E-state index is 6.05. The van der Waals surface area contributed by atoms with E-state index in [-0.39, 0.29) is 0 Å². The lowest BCUT2D eigenvalue weighted by Gasteiger charge is -2.17. The highest BCUT2D eigenvalue weighted by Crippen LogP contribution is 2.28. The standard InChI is InChI=1S/C18H27NO/c1-5-10-19-16(8-6-13(2)3)18-12-15-11-14(4)7-9-17(15)20-18/h7,9,11-13,16,19H,5-6,8,10H2,1-4H3. The Hall–Kier alpha value is -1.28. The van der Waals surface area contributed by atoms with Crippen molar-refractivity contribution >= 4 is 11.0 Å². The summed E-state index contributed by atoms with van der Waals surface area (Å²) in [5, 5.41) is 4.84. The van der Waals surface area contributed by atoms with Gasteiger partial charge in [0.2, 0.25) is 0 Å². The van der Waals surface area contributed by atoms with Crippen LogP contribution in [0.1, 0.15) is 57.4 Å². The van der Waals surface area contributed by atoms with Crippen LogP contribution in [0.25, 0.3) is 11.0 Å². The molecule has 0 bridgehead atoms. The molecular weight excluding hydrogens is 246 g/mol. The third-order valence-corrected chi connectivity index (χ3v) is 3.71. The van der Waals surface area contributed by atoms with Crippen molar-refractivity contribution < 1.29 is 4.42 Å². The van der Waals surface area contributed by atoms with Gasteiger partial charge in [-0.3, -0.25) is 0 Å². The minimum atomic E-state index is 0.338. The second kappa shape index (κ2) is 6.94. The van der Waals surface area contributed by atoms with Crippen LogP contribution >= 0.6 is 0 Å². The molecule has 0 aliphatic carbocycles. The van der Waals surface area contributed by atoms with Crippen molar-refractivity contribution in [3.05, 3.63) is 35.6 Å². The molecule has 1 atom stereocenters. The first-order valence-corrected chi connectivity index (χ1v) is 7.83. The second-order valence-electron chi connectivity index (χ2n) is 6.17. The van der Waals surface area contributed by atoms with Crippen molar-refractivity contribution in [3.63, 3.8) is 0 Å². The summed E-state index contributed by atoms with van der Waals surface area (Å²) in [6, 6.07) is 8.92. The summed E-state index contributed by atoms with van der Waals surface area (Å²) < 4.78 is 6.05. The number of hydrogen-bond donors (Lipinski definition) is 1. The predicted octanol–water partition coefficient (Wildman–Crippen LogP) is 5.22. The van der Waals surface area contributed by atoms with Crippen molar-refractivity contribution in [3.8, 4) is 0 Å². The molecule has 1 aromatic carbocycles. The molecule has 2 aromatic rings. The van der Waals surface area contributed by atoms with E-state index in [1.165, 1.54) is 17.4 Å². The lowest BCUT2D eigenvalue weighted by atomic mass is 10.0. The molecule has 1 unspecified atom stereocenters. The maximum Gasteiger partial charge on any atom is 0.134 e. The van der Waals surface area contributed by atoms with E-state index in [4.69, 9.17) is 4.42 Å². The average Bonchev–Trinajstić information content (AvgIpc) is 2.81. The highest BCUT2D eigenvalue weighted by atomic mass is 16.3. The third-order valence-electron chi connectivity index (χ3n) is 3.71. The zero-order valence-corrected chi connectivity index (χ0v) is 13.2. The lowest BCUT2D eigenvalue weighted by molar-refractivity contribution is 0.382. The fourth-order valence-corrected chi connectivity index (χ4v) is 2.52. The molecule has 0 saturated heterocycles. The van der Waals surface area contributed by atoms with Crippen molar-refractivity contribution in [1.29, 1.82) is 0 Å². The Labute approximate surface area is 122 Å². The van der Waals surface area contributed by atoms with Crippen LogP contribution in [0.4, 0.5) is 0 Å². The molecular formula is C18H27NO. The first-order chi connectivity index (χ1) is 9.60. The molecule has 0 saturated carbocycles. The predicted molar refractivity (Wildman–Crippen MR) is 86.1 cm³/mol. The topological polar surface area (TPSA) is 25.2 Å². The van der Waals surface area contributed by atoms with Gasteiger partial charge in [-0.05, 0) is 56.8 Å². The molecule has 2 nitrogen and oxygen atoms in total. The van der Waals surface area contributed by atoms with Gasteiger partial charge in [0.15, 0.2) is 0 Å². The summed E-state index contributed by atoms with van der Waals surface area (Å²) in [4.78, 5) is 0. The molecule has 0 spiro atoms. The lowest BCUT2D eigenvalue weighted by Crippen LogP contribution is -2.22. The largest absolute Gasteiger partial charge is 0.459 e. The van der Waals surface area contributed by atoms with E-state index in [0.717, 1.165) is 36.6 Å². The van der Waals surface area contributed by atoms with Gasteiger partial charge in [0.1, 0.15) is 11.3 Å². The van der Waals surface area contributed by atoms with Crippen molar-refractivity contribution in [2.24, 2.45) is 5.92 Å². The molecule has 110 valence electrons. The highest BCUT2D eigenvalue weighted by Gasteiger charge is 2.16.